The standard InChI is InChI=1S/C25H25N7O6/c1-14(13-33)36-18-9-15(23(34)28-21-7-8-32(2)30-21)10-19(11-18)37-17-5-6-20(26-12-17)22-29-25(38-31-22)24(35)27-16-3-4-16/h5-12,14,16,33H,3-4,13H2,1-2H3,(H,27,35)(H,28,30,34)/t14-/m0/s1. The first-order valence-corrected chi connectivity index (χ1v) is 11.9. The number of pyridine rings is 1. The van der Waals surface area contributed by atoms with Crippen molar-refractivity contribution >= 4 is 17.6 Å². The molecule has 1 aliphatic rings. The second-order valence-electron chi connectivity index (χ2n) is 8.78. The van der Waals surface area contributed by atoms with Gasteiger partial charge in [0.15, 0.2) is 5.82 Å². The number of nitrogens with zero attached hydrogens (tertiary/aromatic N) is 5. The van der Waals surface area contributed by atoms with Gasteiger partial charge in [-0.15, -0.1) is 0 Å². The number of carbonyl (C=O) groups is 2. The van der Waals surface area contributed by atoms with Crippen LogP contribution in [0.1, 0.15) is 40.8 Å². The van der Waals surface area contributed by atoms with Crippen molar-refractivity contribution in [2.75, 3.05) is 11.9 Å². The predicted molar refractivity (Wildman–Crippen MR) is 133 cm³/mol. The number of amides is 2. The normalized spacial score (nSPS) is 13.6. The molecule has 1 fully saturated rings. The highest BCUT2D eigenvalue weighted by atomic mass is 16.5. The summed E-state index contributed by atoms with van der Waals surface area (Å²) in [7, 11) is 1.75. The number of hydrogen-bond donors (Lipinski definition) is 3. The van der Waals surface area contributed by atoms with E-state index in [1.165, 1.54) is 6.20 Å². The molecule has 4 aromatic rings. The summed E-state index contributed by atoms with van der Waals surface area (Å²) in [5.74, 6) is 0.626. The lowest BCUT2D eigenvalue weighted by molar-refractivity contribution is 0.0906. The maximum Gasteiger partial charge on any atom is 0.316 e. The minimum Gasteiger partial charge on any atom is -0.488 e. The Hall–Kier alpha value is -4.78. The largest absolute Gasteiger partial charge is 0.488 e. The van der Waals surface area contributed by atoms with Crippen LogP contribution >= 0.6 is 0 Å². The van der Waals surface area contributed by atoms with E-state index in [9.17, 15) is 14.7 Å². The fraction of sp³-hybridized carbons (Fsp3) is 0.280. The van der Waals surface area contributed by atoms with Crippen molar-refractivity contribution in [3.8, 4) is 28.8 Å². The Bertz CT molecular complexity index is 1440. The van der Waals surface area contributed by atoms with E-state index in [4.69, 9.17) is 14.0 Å². The highest BCUT2D eigenvalue weighted by molar-refractivity contribution is 6.04. The summed E-state index contributed by atoms with van der Waals surface area (Å²) < 4.78 is 18.3. The fourth-order valence-electron chi connectivity index (χ4n) is 3.37. The second-order valence-corrected chi connectivity index (χ2v) is 8.78. The molecule has 0 spiro atoms. The lowest BCUT2D eigenvalue weighted by Crippen LogP contribution is -2.25. The van der Waals surface area contributed by atoms with E-state index in [0.29, 0.717) is 28.8 Å². The van der Waals surface area contributed by atoms with Crippen LogP contribution in [0.15, 0.2) is 53.3 Å². The first-order chi connectivity index (χ1) is 18.4. The molecule has 0 saturated heterocycles. The minimum absolute atomic E-state index is 0.126. The van der Waals surface area contributed by atoms with Crippen LogP contribution in [0.5, 0.6) is 17.2 Å². The number of aliphatic hydroxyl groups excluding tert-OH is 1. The van der Waals surface area contributed by atoms with Gasteiger partial charge in [0.1, 0.15) is 29.0 Å². The average molecular weight is 520 g/mol. The zero-order valence-corrected chi connectivity index (χ0v) is 20.6. The number of rotatable bonds is 10. The summed E-state index contributed by atoms with van der Waals surface area (Å²) >= 11 is 0. The van der Waals surface area contributed by atoms with Gasteiger partial charge in [-0.05, 0) is 44.0 Å². The molecule has 2 amide bonds. The molecule has 3 heterocycles. The molecule has 1 saturated carbocycles. The highest BCUT2D eigenvalue weighted by Crippen LogP contribution is 2.29. The second kappa shape index (κ2) is 10.7. The average Bonchev–Trinajstić information content (AvgIpc) is 3.40. The van der Waals surface area contributed by atoms with E-state index in [1.807, 2.05) is 0 Å². The number of nitrogens with one attached hydrogen (secondary N) is 2. The van der Waals surface area contributed by atoms with E-state index in [-0.39, 0.29) is 29.9 Å². The van der Waals surface area contributed by atoms with Gasteiger partial charge in [-0.2, -0.15) is 10.1 Å². The van der Waals surface area contributed by atoms with Gasteiger partial charge in [0.2, 0.25) is 5.82 Å². The van der Waals surface area contributed by atoms with Crippen LogP contribution in [-0.2, 0) is 7.05 Å². The predicted octanol–water partition coefficient (Wildman–Crippen LogP) is 2.56. The zero-order chi connectivity index (χ0) is 26.6. The van der Waals surface area contributed by atoms with Gasteiger partial charge in [-0.3, -0.25) is 14.3 Å². The lowest BCUT2D eigenvalue weighted by atomic mass is 10.2. The molecule has 0 unspecified atom stereocenters. The maximum absolute atomic E-state index is 12.9. The molecule has 3 N–H and O–H groups in total. The molecule has 1 atom stereocenters. The summed E-state index contributed by atoms with van der Waals surface area (Å²) in [6, 6.07) is 9.79. The van der Waals surface area contributed by atoms with Gasteiger partial charge in [-0.1, -0.05) is 5.16 Å². The van der Waals surface area contributed by atoms with E-state index in [0.717, 1.165) is 12.8 Å². The first-order valence-electron chi connectivity index (χ1n) is 11.9. The number of aromatic nitrogens is 5. The van der Waals surface area contributed by atoms with Crippen LogP contribution in [-0.4, -0.2) is 60.6 Å². The van der Waals surface area contributed by atoms with Gasteiger partial charge in [0.25, 0.3) is 5.91 Å². The van der Waals surface area contributed by atoms with Crippen LogP contribution in [0.3, 0.4) is 0 Å². The fourth-order valence-corrected chi connectivity index (χ4v) is 3.37. The van der Waals surface area contributed by atoms with Crippen molar-refractivity contribution in [2.45, 2.75) is 31.9 Å². The quantitative estimate of drug-likeness (QED) is 0.283. The van der Waals surface area contributed by atoms with Gasteiger partial charge in [-0.25, -0.2) is 4.98 Å². The Morgan fingerprint density at radius 2 is 1.97 bits per heavy atom. The maximum atomic E-state index is 12.9. The van der Waals surface area contributed by atoms with E-state index < -0.39 is 17.9 Å². The third-order valence-corrected chi connectivity index (χ3v) is 5.43. The molecule has 3 aromatic heterocycles. The molecule has 5 rings (SSSR count). The summed E-state index contributed by atoms with van der Waals surface area (Å²) in [4.78, 5) is 33.4. The molecular weight excluding hydrogens is 494 g/mol. The Morgan fingerprint density at radius 1 is 1.16 bits per heavy atom. The van der Waals surface area contributed by atoms with Crippen molar-refractivity contribution in [3.05, 3.63) is 60.2 Å². The molecular formula is C25H25N7O6. The van der Waals surface area contributed by atoms with Crippen molar-refractivity contribution in [1.29, 1.82) is 0 Å². The van der Waals surface area contributed by atoms with Crippen LogP contribution in [0.25, 0.3) is 11.5 Å². The van der Waals surface area contributed by atoms with Crippen molar-refractivity contribution in [1.82, 2.24) is 30.2 Å². The van der Waals surface area contributed by atoms with Gasteiger partial charge in [0, 0.05) is 37.0 Å². The molecule has 13 nitrogen and oxygen atoms in total. The van der Waals surface area contributed by atoms with Crippen LogP contribution in [0.2, 0.25) is 0 Å². The summed E-state index contributed by atoms with van der Waals surface area (Å²) in [5.41, 5.74) is 0.650. The SMILES string of the molecule is C[C@@H](CO)Oc1cc(Oc2ccc(-c3noc(C(=O)NC4CC4)n3)nc2)cc(C(=O)Nc2ccn(C)n2)c1. The van der Waals surface area contributed by atoms with E-state index in [2.05, 4.69) is 30.9 Å². The molecule has 1 aliphatic carbocycles. The topological polar surface area (TPSA) is 167 Å². The molecule has 0 bridgehead atoms. The zero-order valence-electron chi connectivity index (χ0n) is 20.6. The third kappa shape index (κ3) is 6.13. The number of aliphatic hydroxyl groups is 1. The lowest BCUT2D eigenvalue weighted by Gasteiger charge is -2.15. The molecule has 196 valence electrons. The van der Waals surface area contributed by atoms with Crippen molar-refractivity contribution < 1.29 is 28.7 Å². The van der Waals surface area contributed by atoms with Gasteiger partial charge >= 0.3 is 11.8 Å². The van der Waals surface area contributed by atoms with Crippen molar-refractivity contribution in [3.63, 3.8) is 0 Å². The van der Waals surface area contributed by atoms with E-state index >= 15 is 0 Å². The molecule has 0 radical (unpaired) electrons. The smallest absolute Gasteiger partial charge is 0.316 e. The Morgan fingerprint density at radius 3 is 2.66 bits per heavy atom. The summed E-state index contributed by atoms with van der Waals surface area (Å²) in [5, 5.41) is 22.9. The Labute approximate surface area is 216 Å². The summed E-state index contributed by atoms with van der Waals surface area (Å²) in [6.45, 7) is 1.49. The summed E-state index contributed by atoms with van der Waals surface area (Å²) in [6.07, 6.45) is 4.56. The Kier molecular flexibility index (Phi) is 7.00. The number of benzene rings is 1. The molecule has 13 heteroatoms. The number of carbonyl (C=O) groups excluding carboxylic acids is 2. The monoisotopic (exact) mass is 519 g/mol. The van der Waals surface area contributed by atoms with Crippen LogP contribution in [0, 0.1) is 0 Å². The molecule has 1 aromatic carbocycles. The molecule has 38 heavy (non-hydrogen) atoms. The first kappa shape index (κ1) is 24.9. The number of aryl methyl sites for hydroxylation is 1. The van der Waals surface area contributed by atoms with Crippen LogP contribution in [0.4, 0.5) is 5.82 Å². The van der Waals surface area contributed by atoms with Gasteiger partial charge < -0.3 is 29.7 Å². The number of anilines is 1. The number of hydrogen-bond acceptors (Lipinski definition) is 10. The third-order valence-electron chi connectivity index (χ3n) is 5.43. The Balaban J connectivity index is 1.32. The van der Waals surface area contributed by atoms with Crippen LogP contribution < -0.4 is 20.1 Å². The minimum atomic E-state index is -0.496. The number of ether oxygens (including phenoxy) is 2. The van der Waals surface area contributed by atoms with E-state index in [1.54, 1.807) is 61.2 Å². The highest BCUT2D eigenvalue weighted by Gasteiger charge is 2.26. The van der Waals surface area contributed by atoms with Crippen molar-refractivity contribution in [2.24, 2.45) is 7.05 Å². The molecule has 0 aliphatic heterocycles. The van der Waals surface area contributed by atoms with Gasteiger partial charge in [0.05, 0.1) is 12.8 Å².